The molecule has 0 saturated heterocycles. The van der Waals surface area contributed by atoms with Crippen LogP contribution in [0.4, 0.5) is 4.79 Å². The zero-order valence-electron chi connectivity index (χ0n) is 13.7. The van der Waals surface area contributed by atoms with Gasteiger partial charge in [-0.3, -0.25) is 0 Å². The Hall–Kier alpha value is -0.770. The summed E-state index contributed by atoms with van der Waals surface area (Å²) in [5.41, 5.74) is 5.35. The fraction of sp³-hybridized carbons (Fsp3) is 0.938. The summed E-state index contributed by atoms with van der Waals surface area (Å²) >= 11 is 0. The Balaban J connectivity index is 3.05. The van der Waals surface area contributed by atoms with Crippen LogP contribution in [0.25, 0.3) is 0 Å². The van der Waals surface area contributed by atoms with Crippen LogP contribution in [0, 0.1) is 5.41 Å². The molecule has 0 aromatic heterocycles. The van der Waals surface area contributed by atoms with Gasteiger partial charge in [-0.2, -0.15) is 0 Å². The Labute approximate surface area is 124 Å². The van der Waals surface area contributed by atoms with Crippen molar-refractivity contribution >= 4 is 6.09 Å². The van der Waals surface area contributed by atoms with Gasteiger partial charge in [-0.25, -0.2) is 4.79 Å². The van der Waals surface area contributed by atoms with Crippen LogP contribution in [0.3, 0.4) is 0 Å². The topological polar surface area (TPSA) is 64.3 Å². The zero-order chi connectivity index (χ0) is 15.3. The molecule has 0 bridgehead atoms. The smallest absolute Gasteiger partial charge is 0.404 e. The van der Waals surface area contributed by atoms with Gasteiger partial charge in [0.25, 0.3) is 0 Å². The van der Waals surface area contributed by atoms with Gasteiger partial charge >= 0.3 is 6.09 Å². The Morgan fingerprint density at radius 3 is 2.05 bits per heavy atom. The van der Waals surface area contributed by atoms with Crippen molar-refractivity contribution in [2.75, 3.05) is 19.7 Å². The highest BCUT2D eigenvalue weighted by Gasteiger charge is 2.08. The number of carbonyl (C=O) groups excluding carboxylic acids is 1. The molecule has 3 N–H and O–H groups in total. The normalized spacial score (nSPS) is 11.6. The highest BCUT2D eigenvalue weighted by Crippen LogP contribution is 2.22. The van der Waals surface area contributed by atoms with Gasteiger partial charge in [-0.1, -0.05) is 59.3 Å². The predicted octanol–water partition coefficient (Wildman–Crippen LogP) is 3.84. The summed E-state index contributed by atoms with van der Waals surface area (Å²) in [6.07, 6.45) is 9.91. The number of hydrogen-bond donors (Lipinski definition) is 2. The van der Waals surface area contributed by atoms with Crippen LogP contribution in [0.1, 0.15) is 72.1 Å². The molecular formula is C16H34N2O2. The molecule has 20 heavy (non-hydrogen) atoms. The van der Waals surface area contributed by atoms with E-state index in [1.807, 2.05) is 0 Å². The van der Waals surface area contributed by atoms with Crippen LogP contribution in [-0.4, -0.2) is 25.8 Å². The fourth-order valence-electron chi connectivity index (χ4n) is 2.14. The largest absolute Gasteiger partial charge is 0.448 e. The van der Waals surface area contributed by atoms with Gasteiger partial charge in [-0.05, 0) is 24.8 Å². The molecule has 0 rings (SSSR count). The van der Waals surface area contributed by atoms with Gasteiger partial charge in [-0.15, -0.1) is 0 Å². The van der Waals surface area contributed by atoms with Crippen LogP contribution >= 0.6 is 0 Å². The second-order valence-electron chi connectivity index (χ2n) is 6.70. The van der Waals surface area contributed by atoms with Crippen molar-refractivity contribution < 1.29 is 9.53 Å². The third-order valence-electron chi connectivity index (χ3n) is 3.30. The zero-order valence-corrected chi connectivity index (χ0v) is 13.7. The predicted molar refractivity (Wildman–Crippen MR) is 84.8 cm³/mol. The van der Waals surface area contributed by atoms with Gasteiger partial charge in [0.1, 0.15) is 6.61 Å². The number of primary amides is 1. The molecular weight excluding hydrogens is 252 g/mol. The molecule has 0 spiro atoms. The minimum atomic E-state index is -0.696. The number of nitrogens with two attached hydrogens (primary N) is 1. The fourth-order valence-corrected chi connectivity index (χ4v) is 2.14. The maximum atomic E-state index is 10.3. The average molecular weight is 286 g/mol. The number of carbonyl (C=O) groups is 1. The third kappa shape index (κ3) is 17.2. The van der Waals surface area contributed by atoms with Crippen molar-refractivity contribution in [3.8, 4) is 0 Å². The minimum Gasteiger partial charge on any atom is -0.448 e. The SMILES string of the molecule is CC(C)(C)CCCCCCCCCNCCOC(N)=O. The van der Waals surface area contributed by atoms with Crippen LogP contribution in [-0.2, 0) is 4.74 Å². The van der Waals surface area contributed by atoms with E-state index >= 15 is 0 Å². The molecule has 0 radical (unpaired) electrons. The summed E-state index contributed by atoms with van der Waals surface area (Å²) in [4.78, 5) is 10.3. The molecule has 0 aliphatic carbocycles. The Kier molecular flexibility index (Phi) is 11.5. The molecule has 1 amide bonds. The Bertz CT molecular complexity index is 237. The molecule has 0 unspecified atom stereocenters. The third-order valence-corrected chi connectivity index (χ3v) is 3.30. The monoisotopic (exact) mass is 286 g/mol. The molecule has 0 atom stereocenters. The molecule has 0 aliphatic rings. The maximum Gasteiger partial charge on any atom is 0.404 e. The summed E-state index contributed by atoms with van der Waals surface area (Å²) in [7, 11) is 0. The number of amides is 1. The lowest BCUT2D eigenvalue weighted by atomic mass is 9.89. The van der Waals surface area contributed by atoms with Crippen LogP contribution < -0.4 is 11.1 Å². The lowest BCUT2D eigenvalue weighted by Crippen LogP contribution is -2.24. The first-order chi connectivity index (χ1) is 9.42. The Morgan fingerprint density at radius 1 is 0.950 bits per heavy atom. The van der Waals surface area contributed by atoms with Crippen molar-refractivity contribution in [2.45, 2.75) is 72.1 Å². The molecule has 0 saturated carbocycles. The molecule has 4 nitrogen and oxygen atoms in total. The van der Waals surface area contributed by atoms with Gasteiger partial charge in [0, 0.05) is 6.54 Å². The van der Waals surface area contributed by atoms with E-state index in [9.17, 15) is 4.79 Å². The summed E-state index contributed by atoms with van der Waals surface area (Å²) < 4.78 is 4.62. The van der Waals surface area contributed by atoms with Gasteiger partial charge in [0.05, 0.1) is 0 Å². The standard InChI is InChI=1S/C16H34N2O2/c1-16(2,3)11-9-7-5-4-6-8-10-12-18-13-14-20-15(17)19/h18H,4-14H2,1-3H3,(H2,17,19). The van der Waals surface area contributed by atoms with Gasteiger partial charge in [0.15, 0.2) is 0 Å². The average Bonchev–Trinajstić information content (AvgIpc) is 2.33. The van der Waals surface area contributed by atoms with Crippen LogP contribution in [0.5, 0.6) is 0 Å². The number of hydrogen-bond acceptors (Lipinski definition) is 3. The summed E-state index contributed by atoms with van der Waals surface area (Å²) in [6, 6.07) is 0. The number of ether oxygens (including phenoxy) is 1. The number of nitrogens with one attached hydrogen (secondary N) is 1. The van der Waals surface area contributed by atoms with Gasteiger partial charge < -0.3 is 15.8 Å². The van der Waals surface area contributed by atoms with Crippen LogP contribution in [0.15, 0.2) is 0 Å². The summed E-state index contributed by atoms with van der Waals surface area (Å²) in [5.74, 6) is 0. The first-order valence-corrected chi connectivity index (χ1v) is 8.05. The second-order valence-corrected chi connectivity index (χ2v) is 6.70. The molecule has 0 fully saturated rings. The van der Waals surface area contributed by atoms with Crippen LogP contribution in [0.2, 0.25) is 0 Å². The van der Waals surface area contributed by atoms with Crippen molar-refractivity contribution in [1.82, 2.24) is 5.32 Å². The second kappa shape index (κ2) is 12.0. The molecule has 0 aromatic carbocycles. The molecule has 120 valence electrons. The first-order valence-electron chi connectivity index (χ1n) is 8.05. The number of unbranched alkanes of at least 4 members (excludes halogenated alkanes) is 6. The highest BCUT2D eigenvalue weighted by atomic mass is 16.5. The van der Waals surface area contributed by atoms with E-state index in [2.05, 4.69) is 30.8 Å². The van der Waals surface area contributed by atoms with E-state index in [1.54, 1.807) is 0 Å². The van der Waals surface area contributed by atoms with E-state index in [-0.39, 0.29) is 0 Å². The van der Waals surface area contributed by atoms with E-state index in [0.29, 0.717) is 18.6 Å². The first kappa shape index (κ1) is 19.2. The van der Waals surface area contributed by atoms with Crippen molar-refractivity contribution in [2.24, 2.45) is 11.1 Å². The molecule has 0 heterocycles. The maximum absolute atomic E-state index is 10.3. The molecule has 4 heteroatoms. The molecule has 0 aliphatic heterocycles. The van der Waals surface area contributed by atoms with E-state index in [0.717, 1.165) is 6.54 Å². The Morgan fingerprint density at radius 2 is 1.50 bits per heavy atom. The summed E-state index contributed by atoms with van der Waals surface area (Å²) in [6.45, 7) is 8.99. The van der Waals surface area contributed by atoms with E-state index in [1.165, 1.54) is 51.4 Å². The van der Waals surface area contributed by atoms with Gasteiger partial charge in [0.2, 0.25) is 0 Å². The van der Waals surface area contributed by atoms with E-state index in [4.69, 9.17) is 5.73 Å². The lowest BCUT2D eigenvalue weighted by Gasteiger charge is -2.17. The lowest BCUT2D eigenvalue weighted by molar-refractivity contribution is 0.157. The minimum absolute atomic E-state index is 0.364. The number of rotatable bonds is 12. The highest BCUT2D eigenvalue weighted by molar-refractivity contribution is 5.64. The van der Waals surface area contributed by atoms with Crippen molar-refractivity contribution in [3.05, 3.63) is 0 Å². The van der Waals surface area contributed by atoms with E-state index < -0.39 is 6.09 Å². The van der Waals surface area contributed by atoms with Crippen molar-refractivity contribution in [3.63, 3.8) is 0 Å². The van der Waals surface area contributed by atoms with Crippen molar-refractivity contribution in [1.29, 1.82) is 0 Å². The summed E-state index contributed by atoms with van der Waals surface area (Å²) in [5, 5.41) is 3.24. The quantitative estimate of drug-likeness (QED) is 0.536. The molecule has 0 aromatic rings.